The van der Waals surface area contributed by atoms with E-state index >= 15 is 0 Å². The number of amides is 1. The Kier molecular flexibility index (Phi) is 3.74. The van der Waals surface area contributed by atoms with Crippen LogP contribution in [0.2, 0.25) is 0 Å². The Bertz CT molecular complexity index is 467. The highest BCUT2D eigenvalue weighted by molar-refractivity contribution is 5.78. The van der Waals surface area contributed by atoms with Crippen molar-refractivity contribution >= 4 is 5.91 Å². The maximum atomic E-state index is 12.3. The van der Waals surface area contributed by atoms with Crippen molar-refractivity contribution in [3.05, 3.63) is 30.1 Å². The van der Waals surface area contributed by atoms with E-state index in [0.29, 0.717) is 12.3 Å². The van der Waals surface area contributed by atoms with E-state index in [1.165, 1.54) is 0 Å². The molecule has 4 nitrogen and oxygen atoms in total. The van der Waals surface area contributed by atoms with E-state index < -0.39 is 0 Å². The number of carbonyl (C=O) groups excluding carboxylic acids is 1. The summed E-state index contributed by atoms with van der Waals surface area (Å²) in [5.41, 5.74) is 1.10. The summed E-state index contributed by atoms with van der Waals surface area (Å²) in [5, 5.41) is 0. The third-order valence-corrected chi connectivity index (χ3v) is 4.53. The van der Waals surface area contributed by atoms with Gasteiger partial charge in [-0.25, -0.2) is 0 Å². The largest absolute Gasteiger partial charge is 0.375 e. The Morgan fingerprint density at radius 3 is 2.70 bits per heavy atom. The van der Waals surface area contributed by atoms with Gasteiger partial charge in [0.05, 0.1) is 12.0 Å². The number of rotatable bonds is 2. The van der Waals surface area contributed by atoms with Crippen LogP contribution < -0.4 is 0 Å². The van der Waals surface area contributed by atoms with Crippen LogP contribution in [0.3, 0.4) is 0 Å². The number of likely N-dealkylation sites (tertiary alicyclic amines) is 1. The number of hydrogen-bond donors (Lipinski definition) is 0. The summed E-state index contributed by atoms with van der Waals surface area (Å²) in [4.78, 5) is 18.3. The summed E-state index contributed by atoms with van der Waals surface area (Å²) in [6, 6.07) is 3.82. The van der Waals surface area contributed by atoms with Crippen LogP contribution in [0.25, 0.3) is 0 Å². The number of hydrogen-bond acceptors (Lipinski definition) is 3. The molecule has 1 aromatic rings. The van der Waals surface area contributed by atoms with Gasteiger partial charge in [-0.2, -0.15) is 0 Å². The minimum Gasteiger partial charge on any atom is -0.375 e. The van der Waals surface area contributed by atoms with Crippen LogP contribution in [-0.4, -0.2) is 41.1 Å². The van der Waals surface area contributed by atoms with Crippen molar-refractivity contribution in [2.75, 3.05) is 19.7 Å². The van der Waals surface area contributed by atoms with Crippen LogP contribution in [0.5, 0.6) is 0 Å². The molecule has 1 atom stereocenters. The van der Waals surface area contributed by atoms with Crippen LogP contribution >= 0.6 is 0 Å². The first-order chi connectivity index (χ1) is 9.67. The molecule has 3 heterocycles. The SMILES string of the molecule is C[C@H]1COC2(CCN(C(=O)Cc3ccncc3)CC2)C1. The summed E-state index contributed by atoms with van der Waals surface area (Å²) in [6.45, 7) is 4.79. The van der Waals surface area contributed by atoms with Gasteiger partial charge in [-0.05, 0) is 42.9 Å². The molecule has 1 amide bonds. The minimum atomic E-state index is 0.0624. The summed E-state index contributed by atoms with van der Waals surface area (Å²) < 4.78 is 5.99. The second-order valence-corrected chi connectivity index (χ2v) is 6.22. The van der Waals surface area contributed by atoms with Gasteiger partial charge in [0.15, 0.2) is 0 Å². The molecule has 4 heteroatoms. The molecule has 2 aliphatic rings. The fraction of sp³-hybridized carbons (Fsp3) is 0.625. The quantitative estimate of drug-likeness (QED) is 0.829. The molecule has 108 valence electrons. The van der Waals surface area contributed by atoms with Gasteiger partial charge in [-0.15, -0.1) is 0 Å². The predicted molar refractivity (Wildman–Crippen MR) is 76.2 cm³/mol. The van der Waals surface area contributed by atoms with E-state index in [1.54, 1.807) is 12.4 Å². The highest BCUT2D eigenvalue weighted by Crippen LogP contribution is 2.38. The highest BCUT2D eigenvalue weighted by atomic mass is 16.5. The smallest absolute Gasteiger partial charge is 0.226 e. The van der Waals surface area contributed by atoms with Gasteiger partial charge in [0.1, 0.15) is 0 Å². The van der Waals surface area contributed by atoms with Gasteiger partial charge in [0.2, 0.25) is 5.91 Å². The van der Waals surface area contributed by atoms with E-state index in [1.807, 2.05) is 17.0 Å². The fourth-order valence-corrected chi connectivity index (χ4v) is 3.37. The highest BCUT2D eigenvalue weighted by Gasteiger charge is 2.41. The van der Waals surface area contributed by atoms with E-state index in [-0.39, 0.29) is 11.5 Å². The van der Waals surface area contributed by atoms with Gasteiger partial charge < -0.3 is 9.64 Å². The number of aromatic nitrogens is 1. The molecule has 1 spiro atoms. The topological polar surface area (TPSA) is 42.4 Å². The van der Waals surface area contributed by atoms with E-state index in [9.17, 15) is 4.79 Å². The molecule has 3 rings (SSSR count). The number of pyridine rings is 1. The standard InChI is InChI=1S/C16H22N2O2/c1-13-11-16(20-12-13)4-8-18(9-5-16)15(19)10-14-2-6-17-7-3-14/h2-3,6-7,13H,4-5,8-12H2,1H3/t13-/m1/s1. The number of nitrogens with zero attached hydrogens (tertiary/aromatic N) is 2. The van der Waals surface area contributed by atoms with Crippen LogP contribution in [0.4, 0.5) is 0 Å². The van der Waals surface area contributed by atoms with E-state index in [4.69, 9.17) is 4.74 Å². The van der Waals surface area contributed by atoms with Gasteiger partial charge in [0, 0.05) is 32.1 Å². The molecule has 20 heavy (non-hydrogen) atoms. The van der Waals surface area contributed by atoms with Gasteiger partial charge in [0.25, 0.3) is 0 Å². The lowest BCUT2D eigenvalue weighted by Crippen LogP contribution is -2.46. The van der Waals surface area contributed by atoms with Crippen molar-refractivity contribution in [2.45, 2.75) is 38.2 Å². The second kappa shape index (κ2) is 5.52. The summed E-state index contributed by atoms with van der Waals surface area (Å²) in [5.74, 6) is 0.881. The molecule has 0 aliphatic carbocycles. The zero-order valence-corrected chi connectivity index (χ0v) is 12.0. The Morgan fingerprint density at radius 1 is 1.40 bits per heavy atom. The van der Waals surface area contributed by atoms with Gasteiger partial charge in [-0.3, -0.25) is 9.78 Å². The van der Waals surface area contributed by atoms with Crippen LogP contribution in [0.15, 0.2) is 24.5 Å². The molecule has 0 radical (unpaired) electrons. The average Bonchev–Trinajstić information content (AvgIpc) is 2.81. The predicted octanol–water partition coefficient (Wildman–Crippen LogP) is 2.04. The molecule has 0 aromatic carbocycles. The van der Waals surface area contributed by atoms with Crippen LogP contribution in [-0.2, 0) is 16.0 Å². The zero-order valence-electron chi connectivity index (χ0n) is 12.0. The van der Waals surface area contributed by atoms with Crippen LogP contribution in [0.1, 0.15) is 31.7 Å². The maximum absolute atomic E-state index is 12.3. The first kappa shape index (κ1) is 13.6. The first-order valence-corrected chi connectivity index (χ1v) is 7.48. The molecule has 1 aromatic heterocycles. The normalized spacial score (nSPS) is 25.1. The van der Waals surface area contributed by atoms with Crippen molar-refractivity contribution in [2.24, 2.45) is 5.92 Å². The molecular formula is C16H22N2O2. The molecule has 2 saturated heterocycles. The maximum Gasteiger partial charge on any atom is 0.226 e. The summed E-state index contributed by atoms with van der Waals surface area (Å²) in [7, 11) is 0. The number of piperidine rings is 1. The third-order valence-electron chi connectivity index (χ3n) is 4.53. The van der Waals surface area contributed by atoms with E-state index in [2.05, 4.69) is 11.9 Å². The minimum absolute atomic E-state index is 0.0624. The van der Waals surface area contributed by atoms with Crippen molar-refractivity contribution in [1.29, 1.82) is 0 Å². The zero-order chi connectivity index (χ0) is 14.0. The van der Waals surface area contributed by atoms with Crippen molar-refractivity contribution < 1.29 is 9.53 Å². The Hall–Kier alpha value is -1.42. The Balaban J connectivity index is 1.54. The average molecular weight is 274 g/mol. The summed E-state index contributed by atoms with van der Waals surface area (Å²) in [6.07, 6.45) is 7.08. The molecule has 0 bridgehead atoms. The van der Waals surface area contributed by atoms with Crippen molar-refractivity contribution in [1.82, 2.24) is 9.88 Å². The van der Waals surface area contributed by atoms with Crippen molar-refractivity contribution in [3.8, 4) is 0 Å². The first-order valence-electron chi connectivity index (χ1n) is 7.48. The monoisotopic (exact) mass is 274 g/mol. The molecule has 0 saturated carbocycles. The Labute approximate surface area is 120 Å². The Morgan fingerprint density at radius 2 is 2.10 bits per heavy atom. The molecular weight excluding hydrogens is 252 g/mol. The third kappa shape index (κ3) is 2.85. The number of carbonyl (C=O) groups is 1. The lowest BCUT2D eigenvalue weighted by Gasteiger charge is -2.38. The fourth-order valence-electron chi connectivity index (χ4n) is 3.37. The molecule has 2 aliphatic heterocycles. The van der Waals surface area contributed by atoms with Gasteiger partial charge >= 0.3 is 0 Å². The van der Waals surface area contributed by atoms with Crippen molar-refractivity contribution in [3.63, 3.8) is 0 Å². The second-order valence-electron chi connectivity index (χ2n) is 6.22. The van der Waals surface area contributed by atoms with E-state index in [0.717, 1.165) is 44.5 Å². The molecule has 0 N–H and O–H groups in total. The summed E-state index contributed by atoms with van der Waals surface area (Å²) >= 11 is 0. The lowest BCUT2D eigenvalue weighted by molar-refractivity contribution is -0.135. The van der Waals surface area contributed by atoms with Gasteiger partial charge in [-0.1, -0.05) is 6.92 Å². The number of ether oxygens (including phenoxy) is 1. The molecule has 0 unspecified atom stereocenters. The van der Waals surface area contributed by atoms with Crippen LogP contribution in [0, 0.1) is 5.92 Å². The lowest BCUT2D eigenvalue weighted by atomic mass is 9.86. The molecule has 2 fully saturated rings.